The van der Waals surface area contributed by atoms with Crippen molar-refractivity contribution in [3.05, 3.63) is 66.0 Å². The molecule has 0 radical (unpaired) electrons. The van der Waals surface area contributed by atoms with E-state index in [1.54, 1.807) is 0 Å². The largest absolute Gasteiger partial charge is 0.264 e. The third-order valence-corrected chi connectivity index (χ3v) is 3.50. The van der Waals surface area contributed by atoms with E-state index in [4.69, 9.17) is 0 Å². The number of aryl methyl sites for hydroxylation is 2. The van der Waals surface area contributed by atoms with Gasteiger partial charge in [-0.15, -0.1) is 0 Å². The van der Waals surface area contributed by atoms with Crippen LogP contribution in [-0.2, 0) is 12.8 Å². The molecule has 0 saturated heterocycles. The standard InChI is InChI=1S/C18H23N/c1(2-5-10-17-11-7-4-8-12-17)3-6-13-18-14-9-15-19-16-18/h4,7-9,11-12,14-16H,1-3,5-6,10,13H2. The lowest BCUT2D eigenvalue weighted by Crippen LogP contribution is -1.88. The van der Waals surface area contributed by atoms with Gasteiger partial charge < -0.3 is 0 Å². The minimum atomic E-state index is 1.17. The molecule has 1 nitrogen and oxygen atoms in total. The fourth-order valence-corrected chi connectivity index (χ4v) is 2.38. The second-order valence-electron chi connectivity index (χ2n) is 5.11. The summed E-state index contributed by atoms with van der Waals surface area (Å²) in [5.41, 5.74) is 2.84. The van der Waals surface area contributed by atoms with Crippen LogP contribution in [0.3, 0.4) is 0 Å². The highest BCUT2D eigenvalue weighted by molar-refractivity contribution is 5.14. The number of rotatable bonds is 8. The van der Waals surface area contributed by atoms with Gasteiger partial charge in [-0.1, -0.05) is 55.7 Å². The van der Waals surface area contributed by atoms with Crippen LogP contribution in [0.25, 0.3) is 0 Å². The Morgan fingerprint density at radius 1 is 0.632 bits per heavy atom. The summed E-state index contributed by atoms with van der Waals surface area (Å²) in [5.74, 6) is 0. The van der Waals surface area contributed by atoms with Gasteiger partial charge in [0.15, 0.2) is 0 Å². The number of aromatic nitrogens is 1. The second-order valence-corrected chi connectivity index (χ2v) is 5.11. The second kappa shape index (κ2) is 8.47. The summed E-state index contributed by atoms with van der Waals surface area (Å²) in [6.45, 7) is 0. The Morgan fingerprint density at radius 2 is 1.26 bits per heavy atom. The molecule has 0 spiro atoms. The minimum Gasteiger partial charge on any atom is -0.264 e. The maximum Gasteiger partial charge on any atom is 0.0299 e. The maximum absolute atomic E-state index is 4.15. The molecule has 0 saturated carbocycles. The summed E-state index contributed by atoms with van der Waals surface area (Å²) in [5, 5.41) is 0. The maximum atomic E-state index is 4.15. The van der Waals surface area contributed by atoms with Crippen LogP contribution in [-0.4, -0.2) is 4.98 Å². The molecule has 1 aromatic heterocycles. The molecule has 0 bridgehead atoms. The number of hydrogen-bond donors (Lipinski definition) is 0. The van der Waals surface area contributed by atoms with E-state index in [1.165, 1.54) is 56.1 Å². The molecule has 19 heavy (non-hydrogen) atoms. The molecular weight excluding hydrogens is 230 g/mol. The number of hydrogen-bond acceptors (Lipinski definition) is 1. The van der Waals surface area contributed by atoms with Crippen molar-refractivity contribution in [1.29, 1.82) is 0 Å². The molecule has 1 aromatic carbocycles. The van der Waals surface area contributed by atoms with Gasteiger partial charge in [0, 0.05) is 12.4 Å². The molecule has 0 N–H and O–H groups in total. The van der Waals surface area contributed by atoms with E-state index in [-0.39, 0.29) is 0 Å². The van der Waals surface area contributed by atoms with E-state index in [0.717, 1.165) is 0 Å². The average Bonchev–Trinajstić information content (AvgIpc) is 2.48. The van der Waals surface area contributed by atoms with E-state index < -0.39 is 0 Å². The van der Waals surface area contributed by atoms with Crippen LogP contribution in [0.4, 0.5) is 0 Å². The van der Waals surface area contributed by atoms with Crippen molar-refractivity contribution in [2.24, 2.45) is 0 Å². The first-order valence-corrected chi connectivity index (χ1v) is 7.38. The molecule has 0 aliphatic carbocycles. The zero-order valence-corrected chi connectivity index (χ0v) is 11.6. The SMILES string of the molecule is c1ccc(CCCCCCCc2cccnc2)cc1. The first-order chi connectivity index (χ1) is 9.45. The smallest absolute Gasteiger partial charge is 0.0299 e. The third kappa shape index (κ3) is 5.69. The highest BCUT2D eigenvalue weighted by Crippen LogP contribution is 2.10. The topological polar surface area (TPSA) is 12.9 Å². The lowest BCUT2D eigenvalue weighted by Gasteiger charge is -2.03. The van der Waals surface area contributed by atoms with Gasteiger partial charge in [-0.2, -0.15) is 0 Å². The van der Waals surface area contributed by atoms with Crippen LogP contribution in [0.1, 0.15) is 43.2 Å². The lowest BCUT2D eigenvalue weighted by molar-refractivity contribution is 0.613. The first kappa shape index (κ1) is 13.8. The van der Waals surface area contributed by atoms with Gasteiger partial charge in [0.05, 0.1) is 0 Å². The summed E-state index contributed by atoms with van der Waals surface area (Å²) >= 11 is 0. The van der Waals surface area contributed by atoms with Gasteiger partial charge >= 0.3 is 0 Å². The van der Waals surface area contributed by atoms with Crippen LogP contribution in [0.15, 0.2) is 54.9 Å². The van der Waals surface area contributed by atoms with Gasteiger partial charge in [-0.3, -0.25) is 4.98 Å². The van der Waals surface area contributed by atoms with Crippen molar-refractivity contribution in [3.63, 3.8) is 0 Å². The third-order valence-electron chi connectivity index (χ3n) is 3.50. The van der Waals surface area contributed by atoms with Crippen molar-refractivity contribution in [2.75, 3.05) is 0 Å². The zero-order valence-electron chi connectivity index (χ0n) is 11.6. The zero-order chi connectivity index (χ0) is 13.2. The van der Waals surface area contributed by atoms with Crippen LogP contribution in [0.5, 0.6) is 0 Å². The van der Waals surface area contributed by atoms with Crippen LogP contribution in [0, 0.1) is 0 Å². The molecule has 1 heterocycles. The van der Waals surface area contributed by atoms with Gasteiger partial charge in [0.2, 0.25) is 0 Å². The Kier molecular flexibility index (Phi) is 6.15. The molecule has 0 atom stereocenters. The van der Waals surface area contributed by atoms with Crippen molar-refractivity contribution >= 4 is 0 Å². The molecule has 100 valence electrons. The fraction of sp³-hybridized carbons (Fsp3) is 0.389. The first-order valence-electron chi connectivity index (χ1n) is 7.38. The van der Waals surface area contributed by atoms with E-state index >= 15 is 0 Å². The van der Waals surface area contributed by atoms with Gasteiger partial charge in [-0.05, 0) is 42.9 Å². The predicted molar refractivity (Wildman–Crippen MR) is 81.2 cm³/mol. The molecule has 0 unspecified atom stereocenters. The molecule has 2 aromatic rings. The minimum absolute atomic E-state index is 1.17. The summed E-state index contributed by atoms with van der Waals surface area (Å²) in [6, 6.07) is 15.0. The van der Waals surface area contributed by atoms with Crippen molar-refractivity contribution in [3.8, 4) is 0 Å². The Hall–Kier alpha value is -1.63. The predicted octanol–water partition coefficient (Wildman–Crippen LogP) is 4.82. The van der Waals surface area contributed by atoms with Crippen molar-refractivity contribution in [1.82, 2.24) is 4.98 Å². The highest BCUT2D eigenvalue weighted by atomic mass is 14.6. The molecule has 0 aliphatic heterocycles. The van der Waals surface area contributed by atoms with E-state index in [2.05, 4.69) is 41.4 Å². The van der Waals surface area contributed by atoms with Gasteiger partial charge in [0.25, 0.3) is 0 Å². The fourth-order valence-electron chi connectivity index (χ4n) is 2.38. The molecule has 0 aliphatic rings. The molecule has 0 fully saturated rings. The summed E-state index contributed by atoms with van der Waals surface area (Å²) in [6.07, 6.45) is 12.9. The summed E-state index contributed by atoms with van der Waals surface area (Å²) in [4.78, 5) is 4.15. The van der Waals surface area contributed by atoms with Crippen LogP contribution < -0.4 is 0 Å². The summed E-state index contributed by atoms with van der Waals surface area (Å²) in [7, 11) is 0. The van der Waals surface area contributed by atoms with Gasteiger partial charge in [0.1, 0.15) is 0 Å². The Morgan fingerprint density at radius 3 is 1.95 bits per heavy atom. The van der Waals surface area contributed by atoms with Crippen molar-refractivity contribution in [2.45, 2.75) is 44.9 Å². The Balaban J connectivity index is 1.49. The number of unbranched alkanes of at least 4 members (excludes halogenated alkanes) is 4. The summed E-state index contributed by atoms with van der Waals surface area (Å²) < 4.78 is 0. The number of benzene rings is 1. The lowest BCUT2D eigenvalue weighted by atomic mass is 10.0. The number of pyridine rings is 1. The molecular formula is C18H23N. The van der Waals surface area contributed by atoms with Crippen LogP contribution in [0.2, 0.25) is 0 Å². The Bertz CT molecular complexity index is 392. The highest BCUT2D eigenvalue weighted by Gasteiger charge is 1.95. The number of nitrogens with zero attached hydrogens (tertiary/aromatic N) is 1. The normalized spacial score (nSPS) is 10.5. The Labute approximate surface area is 116 Å². The molecule has 1 heteroatoms. The van der Waals surface area contributed by atoms with Crippen LogP contribution >= 0.6 is 0 Å². The van der Waals surface area contributed by atoms with E-state index in [1.807, 2.05) is 18.5 Å². The molecule has 0 amide bonds. The molecule has 2 rings (SSSR count). The van der Waals surface area contributed by atoms with E-state index in [9.17, 15) is 0 Å². The van der Waals surface area contributed by atoms with Crippen molar-refractivity contribution < 1.29 is 0 Å². The quantitative estimate of drug-likeness (QED) is 0.615. The van der Waals surface area contributed by atoms with E-state index in [0.29, 0.717) is 0 Å². The average molecular weight is 253 g/mol. The monoisotopic (exact) mass is 253 g/mol. The van der Waals surface area contributed by atoms with Gasteiger partial charge in [-0.25, -0.2) is 0 Å².